The molecule has 0 saturated heterocycles. The van der Waals surface area contributed by atoms with E-state index in [2.05, 4.69) is 264 Å². The number of hydrogen-bond acceptors (Lipinski definition) is 1. The van der Waals surface area contributed by atoms with Gasteiger partial charge in [-0.15, -0.1) is 0 Å². The van der Waals surface area contributed by atoms with E-state index in [9.17, 15) is 0 Å². The van der Waals surface area contributed by atoms with E-state index in [4.69, 9.17) is 0 Å². The normalized spacial score (nSPS) is 11.2. The minimum Gasteiger partial charge on any atom is -0.311 e. The van der Waals surface area contributed by atoms with Crippen LogP contribution in [0.4, 0.5) is 17.1 Å². The smallest absolute Gasteiger partial charge is 0.0547 e. The third-order valence-electron chi connectivity index (χ3n) is 12.0. The summed E-state index contributed by atoms with van der Waals surface area (Å²) >= 11 is 0. The van der Waals surface area contributed by atoms with Crippen LogP contribution >= 0.6 is 0 Å². The van der Waals surface area contributed by atoms with E-state index in [0.29, 0.717) is 0 Å². The Morgan fingerprint density at radius 3 is 1.11 bits per heavy atom. The van der Waals surface area contributed by atoms with Gasteiger partial charge in [0.2, 0.25) is 0 Å². The quantitative estimate of drug-likeness (QED) is 0.141. The van der Waals surface area contributed by atoms with Gasteiger partial charge in [0.25, 0.3) is 0 Å². The SMILES string of the molecule is c1ccc(-c2ccc(N(c3ccc(-c4ccccc4)cc3)c3ccc(-c4ccc(-c5ccccc5-n5c6ccccc6c6ccc(-c7ccccc7)cc65)cc4)cc3)cc2)cc1. The molecule has 0 spiro atoms. The van der Waals surface area contributed by atoms with Crippen LogP contribution in [0.25, 0.3) is 83.1 Å². The molecule has 1 heterocycles. The van der Waals surface area contributed by atoms with Gasteiger partial charge in [-0.25, -0.2) is 0 Å². The molecule has 0 fully saturated rings. The van der Waals surface area contributed by atoms with Crippen molar-refractivity contribution in [3.05, 3.63) is 255 Å². The number of benzene rings is 10. The Morgan fingerprint density at radius 1 is 0.242 bits per heavy atom. The summed E-state index contributed by atoms with van der Waals surface area (Å²) in [5.74, 6) is 0. The number of anilines is 3. The summed E-state index contributed by atoms with van der Waals surface area (Å²) in [5.41, 5.74) is 18.8. The van der Waals surface area contributed by atoms with Crippen LogP contribution in [0.1, 0.15) is 0 Å². The van der Waals surface area contributed by atoms with Gasteiger partial charge >= 0.3 is 0 Å². The lowest BCUT2D eigenvalue weighted by Gasteiger charge is -2.26. The second kappa shape index (κ2) is 16.1. The molecule has 62 heavy (non-hydrogen) atoms. The molecule has 0 aliphatic carbocycles. The van der Waals surface area contributed by atoms with Crippen LogP contribution in [0, 0.1) is 0 Å². The van der Waals surface area contributed by atoms with Gasteiger partial charge in [0.1, 0.15) is 0 Å². The highest BCUT2D eigenvalue weighted by atomic mass is 15.1. The van der Waals surface area contributed by atoms with Gasteiger partial charge in [0, 0.05) is 33.4 Å². The van der Waals surface area contributed by atoms with Gasteiger partial charge in [0.05, 0.1) is 16.7 Å². The van der Waals surface area contributed by atoms with E-state index < -0.39 is 0 Å². The Hall–Kier alpha value is -8.20. The van der Waals surface area contributed by atoms with E-state index in [1.54, 1.807) is 0 Å². The Balaban J connectivity index is 0.929. The lowest BCUT2D eigenvalue weighted by molar-refractivity contribution is 1.18. The molecule has 0 radical (unpaired) electrons. The molecule has 2 nitrogen and oxygen atoms in total. The highest BCUT2D eigenvalue weighted by Gasteiger charge is 2.17. The van der Waals surface area contributed by atoms with Crippen LogP contribution in [-0.2, 0) is 0 Å². The molecule has 2 heteroatoms. The minimum absolute atomic E-state index is 1.10. The Kier molecular flexibility index (Phi) is 9.57. The van der Waals surface area contributed by atoms with E-state index >= 15 is 0 Å². The first-order chi connectivity index (χ1) is 30.7. The molecule has 0 saturated carbocycles. The standard InChI is InChI=1S/C60H42N2/c1-4-14-43(15-5-1)47-28-35-52(36-29-47)61(53-37-30-48(31-38-53)44-16-6-2-7-17-44)54-39-32-49(33-40-54)46-24-26-50(27-25-46)55-20-10-12-22-58(55)62-59-23-13-11-21-56(59)57-41-34-51(42-60(57)62)45-18-8-3-9-19-45/h1-42H. The average molecular weight is 791 g/mol. The summed E-state index contributed by atoms with van der Waals surface area (Å²) in [4.78, 5) is 2.34. The number of nitrogens with zero attached hydrogens (tertiary/aromatic N) is 2. The maximum absolute atomic E-state index is 2.44. The second-order valence-corrected chi connectivity index (χ2v) is 15.8. The van der Waals surface area contributed by atoms with E-state index in [0.717, 1.165) is 22.7 Å². The van der Waals surface area contributed by atoms with E-state index in [-0.39, 0.29) is 0 Å². The van der Waals surface area contributed by atoms with Crippen molar-refractivity contribution in [2.24, 2.45) is 0 Å². The minimum atomic E-state index is 1.10. The molecule has 0 aliphatic heterocycles. The number of aromatic nitrogens is 1. The fourth-order valence-corrected chi connectivity index (χ4v) is 8.91. The lowest BCUT2D eigenvalue weighted by atomic mass is 9.98. The third-order valence-corrected chi connectivity index (χ3v) is 12.0. The number of hydrogen-bond donors (Lipinski definition) is 0. The monoisotopic (exact) mass is 790 g/mol. The Morgan fingerprint density at radius 2 is 0.597 bits per heavy atom. The molecule has 0 unspecified atom stereocenters. The summed E-state index contributed by atoms with van der Waals surface area (Å²) in [5, 5.41) is 2.50. The van der Waals surface area contributed by atoms with Gasteiger partial charge in [-0.3, -0.25) is 0 Å². The first kappa shape index (κ1) is 36.8. The number of fused-ring (bicyclic) bond motifs is 3. The summed E-state index contributed by atoms with van der Waals surface area (Å²) in [6, 6.07) is 91.9. The summed E-state index contributed by atoms with van der Waals surface area (Å²) < 4.78 is 2.44. The molecular weight excluding hydrogens is 749 g/mol. The predicted octanol–water partition coefficient (Wildman–Crippen LogP) is 16.6. The summed E-state index contributed by atoms with van der Waals surface area (Å²) in [6.45, 7) is 0. The molecule has 0 atom stereocenters. The maximum atomic E-state index is 2.44. The molecular formula is C60H42N2. The second-order valence-electron chi connectivity index (χ2n) is 15.8. The van der Waals surface area contributed by atoms with Gasteiger partial charge in [-0.05, 0) is 105 Å². The Bertz CT molecular complexity index is 3190. The number of para-hydroxylation sites is 2. The molecule has 0 aliphatic rings. The van der Waals surface area contributed by atoms with Crippen LogP contribution in [0.5, 0.6) is 0 Å². The van der Waals surface area contributed by atoms with Crippen molar-refractivity contribution < 1.29 is 0 Å². The van der Waals surface area contributed by atoms with Crippen molar-refractivity contribution >= 4 is 38.9 Å². The molecule has 292 valence electrons. The largest absolute Gasteiger partial charge is 0.311 e. The van der Waals surface area contributed by atoms with Crippen LogP contribution in [0.2, 0.25) is 0 Å². The average Bonchev–Trinajstić information content (AvgIpc) is 3.69. The topological polar surface area (TPSA) is 8.17 Å². The number of rotatable bonds is 9. The highest BCUT2D eigenvalue weighted by Crippen LogP contribution is 2.40. The Labute approximate surface area is 362 Å². The van der Waals surface area contributed by atoms with Crippen LogP contribution in [0.15, 0.2) is 255 Å². The van der Waals surface area contributed by atoms with Crippen molar-refractivity contribution in [2.75, 3.05) is 4.90 Å². The van der Waals surface area contributed by atoms with Crippen LogP contribution in [0.3, 0.4) is 0 Å². The van der Waals surface area contributed by atoms with E-state index in [1.807, 2.05) is 0 Å². The van der Waals surface area contributed by atoms with Crippen molar-refractivity contribution in [1.82, 2.24) is 4.57 Å². The molecule has 0 amide bonds. The van der Waals surface area contributed by atoms with Crippen LogP contribution < -0.4 is 4.90 Å². The zero-order valence-corrected chi connectivity index (χ0v) is 34.1. The fourth-order valence-electron chi connectivity index (χ4n) is 8.91. The van der Waals surface area contributed by atoms with Gasteiger partial charge in [-0.2, -0.15) is 0 Å². The molecule has 10 aromatic carbocycles. The zero-order valence-electron chi connectivity index (χ0n) is 34.1. The summed E-state index contributed by atoms with van der Waals surface area (Å²) in [6.07, 6.45) is 0. The van der Waals surface area contributed by atoms with Gasteiger partial charge < -0.3 is 9.47 Å². The third kappa shape index (κ3) is 6.94. The van der Waals surface area contributed by atoms with Crippen molar-refractivity contribution in [3.8, 4) is 61.3 Å². The lowest BCUT2D eigenvalue weighted by Crippen LogP contribution is -2.09. The van der Waals surface area contributed by atoms with Gasteiger partial charge in [0.15, 0.2) is 0 Å². The van der Waals surface area contributed by atoms with E-state index in [1.165, 1.54) is 77.4 Å². The fraction of sp³-hybridized carbons (Fsp3) is 0. The molecule has 11 rings (SSSR count). The molecule has 11 aromatic rings. The first-order valence-electron chi connectivity index (χ1n) is 21.3. The zero-order chi connectivity index (χ0) is 41.2. The van der Waals surface area contributed by atoms with Crippen molar-refractivity contribution in [3.63, 3.8) is 0 Å². The summed E-state index contributed by atoms with van der Waals surface area (Å²) in [7, 11) is 0. The van der Waals surface area contributed by atoms with Gasteiger partial charge in [-0.1, -0.05) is 200 Å². The van der Waals surface area contributed by atoms with Crippen molar-refractivity contribution in [1.29, 1.82) is 0 Å². The predicted molar refractivity (Wildman–Crippen MR) is 263 cm³/mol. The van der Waals surface area contributed by atoms with Crippen molar-refractivity contribution in [2.45, 2.75) is 0 Å². The van der Waals surface area contributed by atoms with Crippen LogP contribution in [-0.4, -0.2) is 4.57 Å². The maximum Gasteiger partial charge on any atom is 0.0547 e. The molecule has 1 aromatic heterocycles. The molecule has 0 N–H and O–H groups in total. The highest BCUT2D eigenvalue weighted by molar-refractivity contribution is 6.10. The first-order valence-corrected chi connectivity index (χ1v) is 21.3. The molecule has 0 bridgehead atoms.